The van der Waals surface area contributed by atoms with Crippen LogP contribution < -0.4 is 0 Å². The molecule has 0 saturated carbocycles. The predicted molar refractivity (Wildman–Crippen MR) is 120 cm³/mol. The van der Waals surface area contributed by atoms with Gasteiger partial charge in [-0.25, -0.2) is 0 Å². The maximum Gasteiger partial charge on any atom is -0.00810 e. The molecule has 0 radical (unpaired) electrons. The summed E-state index contributed by atoms with van der Waals surface area (Å²) in [6.45, 7) is 11.5. The standard InChI is InChI=1S/C27H26/c1-4-21-7-11-24(12-8-21)19-27(26-17-15-23(6-3)16-18-26)20-25-13-9-22(5-2)10-14-25/h4-18,27H,1-3,19-20H2. The summed E-state index contributed by atoms with van der Waals surface area (Å²) in [5, 5.41) is 0. The SMILES string of the molecule is C=Cc1ccc(CC(Cc2ccc(C=C)cc2)c2ccc(C=C)cc2)cc1. The van der Waals surface area contributed by atoms with Crippen LogP contribution in [0.1, 0.15) is 39.3 Å². The lowest BCUT2D eigenvalue weighted by molar-refractivity contribution is 0.680. The summed E-state index contributed by atoms with van der Waals surface area (Å²) in [5.41, 5.74) is 7.53. The van der Waals surface area contributed by atoms with Gasteiger partial charge in [0, 0.05) is 0 Å². The Bertz CT molecular complexity index is 840. The molecule has 0 aliphatic rings. The fourth-order valence-corrected chi connectivity index (χ4v) is 3.36. The molecule has 0 aromatic heterocycles. The van der Waals surface area contributed by atoms with Gasteiger partial charge in [-0.1, -0.05) is 111 Å². The first kappa shape index (κ1) is 18.7. The predicted octanol–water partition coefficient (Wildman–Crippen LogP) is 7.18. The van der Waals surface area contributed by atoms with Crippen LogP contribution in [0.2, 0.25) is 0 Å². The van der Waals surface area contributed by atoms with Crippen molar-refractivity contribution >= 4 is 18.2 Å². The fourth-order valence-electron chi connectivity index (χ4n) is 3.36. The summed E-state index contributed by atoms with van der Waals surface area (Å²) in [6, 6.07) is 26.2. The second-order valence-corrected chi connectivity index (χ2v) is 6.87. The van der Waals surface area contributed by atoms with E-state index < -0.39 is 0 Å². The molecule has 0 amide bonds. The van der Waals surface area contributed by atoms with Crippen molar-refractivity contribution in [1.82, 2.24) is 0 Å². The molecule has 0 heterocycles. The number of benzene rings is 3. The van der Waals surface area contributed by atoms with Gasteiger partial charge in [0.15, 0.2) is 0 Å². The van der Waals surface area contributed by atoms with E-state index in [1.165, 1.54) is 16.7 Å². The van der Waals surface area contributed by atoms with Gasteiger partial charge in [-0.3, -0.25) is 0 Å². The molecule has 0 aliphatic heterocycles. The first-order valence-electron chi connectivity index (χ1n) is 9.37. The average molecular weight is 351 g/mol. The van der Waals surface area contributed by atoms with E-state index in [1.54, 1.807) is 0 Å². The lowest BCUT2D eigenvalue weighted by Gasteiger charge is -2.19. The lowest BCUT2D eigenvalue weighted by atomic mass is 9.86. The molecule has 0 atom stereocenters. The Morgan fingerprint density at radius 2 is 0.852 bits per heavy atom. The molecule has 0 saturated heterocycles. The van der Waals surface area contributed by atoms with E-state index in [9.17, 15) is 0 Å². The molecule has 0 fully saturated rings. The highest BCUT2D eigenvalue weighted by molar-refractivity contribution is 5.49. The second kappa shape index (κ2) is 9.00. The topological polar surface area (TPSA) is 0 Å². The highest BCUT2D eigenvalue weighted by Crippen LogP contribution is 2.26. The molecule has 0 heteroatoms. The largest absolute Gasteiger partial charge is 0.0985 e. The fraction of sp³-hybridized carbons (Fsp3) is 0.111. The van der Waals surface area contributed by atoms with Gasteiger partial charge < -0.3 is 0 Å². The highest BCUT2D eigenvalue weighted by atomic mass is 14.2. The van der Waals surface area contributed by atoms with E-state index >= 15 is 0 Å². The molecule has 3 aromatic rings. The maximum atomic E-state index is 3.86. The van der Waals surface area contributed by atoms with Crippen LogP contribution in [0.4, 0.5) is 0 Å². The first-order chi connectivity index (χ1) is 13.2. The summed E-state index contributed by atoms with van der Waals surface area (Å²) in [4.78, 5) is 0. The summed E-state index contributed by atoms with van der Waals surface area (Å²) in [5.74, 6) is 0.424. The van der Waals surface area contributed by atoms with Crippen LogP contribution in [0.3, 0.4) is 0 Å². The van der Waals surface area contributed by atoms with Crippen LogP contribution in [0, 0.1) is 0 Å². The highest BCUT2D eigenvalue weighted by Gasteiger charge is 2.14. The molecule has 0 nitrogen and oxygen atoms in total. The minimum absolute atomic E-state index is 0.424. The van der Waals surface area contributed by atoms with Crippen LogP contribution in [0.15, 0.2) is 92.5 Å². The van der Waals surface area contributed by atoms with Crippen LogP contribution in [-0.2, 0) is 12.8 Å². The van der Waals surface area contributed by atoms with E-state index in [4.69, 9.17) is 0 Å². The first-order valence-corrected chi connectivity index (χ1v) is 9.37. The molecule has 0 unspecified atom stereocenters. The molecule has 3 aromatic carbocycles. The zero-order valence-corrected chi connectivity index (χ0v) is 15.8. The van der Waals surface area contributed by atoms with E-state index in [-0.39, 0.29) is 0 Å². The zero-order valence-electron chi connectivity index (χ0n) is 15.8. The van der Waals surface area contributed by atoms with Crippen molar-refractivity contribution in [2.75, 3.05) is 0 Å². The van der Waals surface area contributed by atoms with E-state index in [0.717, 1.165) is 29.5 Å². The minimum atomic E-state index is 0.424. The Labute approximate surface area is 163 Å². The van der Waals surface area contributed by atoms with Crippen molar-refractivity contribution in [2.45, 2.75) is 18.8 Å². The third kappa shape index (κ3) is 4.95. The summed E-state index contributed by atoms with van der Waals surface area (Å²) < 4.78 is 0. The van der Waals surface area contributed by atoms with Crippen molar-refractivity contribution < 1.29 is 0 Å². The number of rotatable bonds is 8. The molecule has 0 aliphatic carbocycles. The van der Waals surface area contributed by atoms with Crippen LogP contribution >= 0.6 is 0 Å². The molecule has 0 bridgehead atoms. The summed E-state index contributed by atoms with van der Waals surface area (Å²) in [6.07, 6.45) is 7.68. The monoisotopic (exact) mass is 350 g/mol. The van der Waals surface area contributed by atoms with Crippen molar-refractivity contribution in [3.05, 3.63) is 126 Å². The van der Waals surface area contributed by atoms with Crippen LogP contribution in [-0.4, -0.2) is 0 Å². The van der Waals surface area contributed by atoms with E-state index in [1.807, 2.05) is 18.2 Å². The van der Waals surface area contributed by atoms with E-state index in [0.29, 0.717) is 5.92 Å². The maximum absolute atomic E-state index is 3.86. The number of hydrogen-bond acceptors (Lipinski definition) is 0. The minimum Gasteiger partial charge on any atom is -0.0985 e. The van der Waals surface area contributed by atoms with Gasteiger partial charge in [0.05, 0.1) is 0 Å². The van der Waals surface area contributed by atoms with Crippen LogP contribution in [0.5, 0.6) is 0 Å². The molecular formula is C27H26. The third-order valence-electron chi connectivity index (χ3n) is 5.04. The molecule has 134 valence electrons. The normalized spacial score (nSPS) is 10.6. The molecule has 3 rings (SSSR count). The average Bonchev–Trinajstić information content (AvgIpc) is 2.74. The Balaban J connectivity index is 1.86. The second-order valence-electron chi connectivity index (χ2n) is 6.87. The number of hydrogen-bond donors (Lipinski definition) is 0. The quantitative estimate of drug-likeness (QED) is 0.403. The molecular weight excluding hydrogens is 324 g/mol. The van der Waals surface area contributed by atoms with E-state index in [2.05, 4.69) is 92.5 Å². The Morgan fingerprint density at radius 3 is 1.19 bits per heavy atom. The summed E-state index contributed by atoms with van der Waals surface area (Å²) in [7, 11) is 0. The van der Waals surface area contributed by atoms with Gasteiger partial charge in [0.2, 0.25) is 0 Å². The van der Waals surface area contributed by atoms with Crippen molar-refractivity contribution in [3.8, 4) is 0 Å². The molecule has 0 N–H and O–H groups in total. The zero-order chi connectivity index (χ0) is 19.1. The van der Waals surface area contributed by atoms with Gasteiger partial charge in [0.25, 0.3) is 0 Å². The Kier molecular flexibility index (Phi) is 6.22. The van der Waals surface area contributed by atoms with Gasteiger partial charge >= 0.3 is 0 Å². The molecule has 27 heavy (non-hydrogen) atoms. The third-order valence-corrected chi connectivity index (χ3v) is 5.04. The smallest absolute Gasteiger partial charge is 0.00810 e. The van der Waals surface area contributed by atoms with Gasteiger partial charge in [-0.15, -0.1) is 0 Å². The van der Waals surface area contributed by atoms with Gasteiger partial charge in [-0.05, 0) is 52.1 Å². The van der Waals surface area contributed by atoms with Crippen molar-refractivity contribution in [3.63, 3.8) is 0 Å². The Morgan fingerprint density at radius 1 is 0.519 bits per heavy atom. The van der Waals surface area contributed by atoms with Gasteiger partial charge in [0.1, 0.15) is 0 Å². The van der Waals surface area contributed by atoms with Gasteiger partial charge in [-0.2, -0.15) is 0 Å². The lowest BCUT2D eigenvalue weighted by Crippen LogP contribution is -2.07. The van der Waals surface area contributed by atoms with Crippen molar-refractivity contribution in [2.24, 2.45) is 0 Å². The van der Waals surface area contributed by atoms with Crippen molar-refractivity contribution in [1.29, 1.82) is 0 Å². The summed E-state index contributed by atoms with van der Waals surface area (Å²) >= 11 is 0. The van der Waals surface area contributed by atoms with Crippen LogP contribution in [0.25, 0.3) is 18.2 Å². The Hall–Kier alpha value is -3.12. The molecule has 0 spiro atoms.